The molecule has 2 atom stereocenters. The van der Waals surface area contributed by atoms with Crippen LogP contribution in [0.5, 0.6) is 0 Å². The molecule has 2 N–H and O–H groups in total. The fourth-order valence-corrected chi connectivity index (χ4v) is 3.85. The highest BCUT2D eigenvalue weighted by Gasteiger charge is 2.15. The molecule has 0 spiro atoms. The average Bonchev–Trinajstić information content (AvgIpc) is 2.44. The predicted molar refractivity (Wildman–Crippen MR) is 90.6 cm³/mol. The van der Waals surface area contributed by atoms with E-state index in [4.69, 9.17) is 28.9 Å². The summed E-state index contributed by atoms with van der Waals surface area (Å²) in [6.07, 6.45) is 0. The minimum Gasteiger partial charge on any atom is -0.323 e. The fourth-order valence-electron chi connectivity index (χ4n) is 2.00. The van der Waals surface area contributed by atoms with Crippen LogP contribution in [0.1, 0.15) is 22.7 Å². The first-order valence-corrected chi connectivity index (χ1v) is 8.62. The summed E-state index contributed by atoms with van der Waals surface area (Å²) >= 11 is 12.0. The van der Waals surface area contributed by atoms with Crippen molar-refractivity contribution in [1.29, 1.82) is 0 Å². The highest BCUT2D eigenvalue weighted by atomic mass is 35.5. The number of nitrogens with two attached hydrogens (primary N) is 1. The standard InChI is InChI=1S/C16H17Cl2NOS/c1-10-3-4-12(7-11(10)2)15(19)9-21(20)16-8-13(17)5-6-14(16)18/h3-8,15H,9,19H2,1-2H3. The number of halogens is 2. The maximum absolute atomic E-state index is 12.4. The highest BCUT2D eigenvalue weighted by Crippen LogP contribution is 2.26. The Hall–Kier alpha value is -0.870. The number of rotatable bonds is 4. The van der Waals surface area contributed by atoms with Gasteiger partial charge in [-0.25, -0.2) is 0 Å². The van der Waals surface area contributed by atoms with Gasteiger partial charge in [0, 0.05) is 16.8 Å². The lowest BCUT2D eigenvalue weighted by molar-refractivity contribution is 0.675. The largest absolute Gasteiger partial charge is 0.323 e. The summed E-state index contributed by atoms with van der Waals surface area (Å²) in [6, 6.07) is 10.7. The second-order valence-corrected chi connectivity index (χ2v) is 7.34. The number of benzene rings is 2. The van der Waals surface area contributed by atoms with Crippen LogP contribution < -0.4 is 5.73 Å². The van der Waals surface area contributed by atoms with Gasteiger partial charge in [-0.15, -0.1) is 0 Å². The Labute approximate surface area is 137 Å². The molecule has 0 heterocycles. The monoisotopic (exact) mass is 341 g/mol. The maximum atomic E-state index is 12.4. The van der Waals surface area contributed by atoms with Gasteiger partial charge in [0.15, 0.2) is 0 Å². The summed E-state index contributed by atoms with van der Waals surface area (Å²) in [5.41, 5.74) is 9.54. The van der Waals surface area contributed by atoms with Crippen molar-refractivity contribution in [2.45, 2.75) is 24.8 Å². The lowest BCUT2D eigenvalue weighted by Crippen LogP contribution is -2.18. The van der Waals surface area contributed by atoms with Crippen LogP contribution in [0.2, 0.25) is 10.0 Å². The molecule has 0 saturated carbocycles. The van der Waals surface area contributed by atoms with Crippen molar-refractivity contribution in [3.8, 4) is 0 Å². The van der Waals surface area contributed by atoms with Gasteiger partial charge in [0.2, 0.25) is 0 Å². The van der Waals surface area contributed by atoms with E-state index in [0.717, 1.165) is 5.56 Å². The number of aryl methyl sites for hydroxylation is 2. The topological polar surface area (TPSA) is 43.1 Å². The van der Waals surface area contributed by atoms with E-state index in [1.54, 1.807) is 18.2 Å². The van der Waals surface area contributed by atoms with Gasteiger partial charge >= 0.3 is 0 Å². The van der Waals surface area contributed by atoms with Gasteiger partial charge in [-0.1, -0.05) is 41.4 Å². The van der Waals surface area contributed by atoms with Gasteiger partial charge in [0.1, 0.15) is 0 Å². The molecule has 5 heteroatoms. The summed E-state index contributed by atoms with van der Waals surface area (Å²) in [4.78, 5) is 0.531. The molecule has 2 aromatic rings. The molecule has 2 aromatic carbocycles. The summed E-state index contributed by atoms with van der Waals surface area (Å²) in [6.45, 7) is 4.09. The van der Waals surface area contributed by atoms with E-state index in [9.17, 15) is 4.21 Å². The maximum Gasteiger partial charge on any atom is 0.0589 e. The van der Waals surface area contributed by atoms with Crippen molar-refractivity contribution in [2.75, 3.05) is 5.75 Å². The Morgan fingerprint density at radius 3 is 2.48 bits per heavy atom. The molecule has 0 bridgehead atoms. The zero-order valence-corrected chi connectivity index (χ0v) is 14.2. The quantitative estimate of drug-likeness (QED) is 0.894. The third kappa shape index (κ3) is 4.07. The fraction of sp³-hybridized carbons (Fsp3) is 0.250. The van der Waals surface area contributed by atoms with Crippen LogP contribution in [-0.4, -0.2) is 9.96 Å². The first kappa shape index (κ1) is 16.5. The summed E-state index contributed by atoms with van der Waals surface area (Å²) in [7, 11) is -1.29. The molecule has 0 fully saturated rings. The summed E-state index contributed by atoms with van der Waals surface area (Å²) in [5.74, 6) is 0.308. The predicted octanol–water partition coefficient (Wildman–Crippen LogP) is 4.42. The van der Waals surface area contributed by atoms with E-state index in [1.807, 2.05) is 25.1 Å². The third-order valence-corrected chi connectivity index (χ3v) is 5.60. The molecule has 0 saturated heterocycles. The minimum absolute atomic E-state index is 0.305. The van der Waals surface area contributed by atoms with Crippen LogP contribution in [-0.2, 0) is 10.8 Å². The van der Waals surface area contributed by atoms with Crippen LogP contribution in [0.25, 0.3) is 0 Å². The molecule has 0 aliphatic carbocycles. The summed E-state index contributed by atoms with van der Waals surface area (Å²) < 4.78 is 12.4. The van der Waals surface area contributed by atoms with Gasteiger partial charge in [-0.05, 0) is 48.7 Å². The van der Waals surface area contributed by atoms with Crippen molar-refractivity contribution in [3.05, 3.63) is 63.1 Å². The van der Waals surface area contributed by atoms with Crippen LogP contribution in [0.3, 0.4) is 0 Å². The van der Waals surface area contributed by atoms with Gasteiger partial charge in [0.25, 0.3) is 0 Å². The lowest BCUT2D eigenvalue weighted by atomic mass is 10.0. The van der Waals surface area contributed by atoms with Crippen LogP contribution in [0.15, 0.2) is 41.3 Å². The molecule has 0 radical (unpaired) electrons. The van der Waals surface area contributed by atoms with Gasteiger partial charge < -0.3 is 5.73 Å². The lowest BCUT2D eigenvalue weighted by Gasteiger charge is -2.14. The van der Waals surface area contributed by atoms with Crippen molar-refractivity contribution in [3.63, 3.8) is 0 Å². The second kappa shape index (κ2) is 6.93. The van der Waals surface area contributed by atoms with Crippen LogP contribution in [0.4, 0.5) is 0 Å². The number of hydrogen-bond donors (Lipinski definition) is 1. The Morgan fingerprint density at radius 1 is 1.10 bits per heavy atom. The van der Waals surface area contributed by atoms with Gasteiger partial charge in [-0.2, -0.15) is 0 Å². The zero-order valence-electron chi connectivity index (χ0n) is 11.9. The molecule has 112 valence electrons. The first-order chi connectivity index (χ1) is 9.88. The Balaban J connectivity index is 2.18. The average molecular weight is 342 g/mol. The molecule has 2 nitrogen and oxygen atoms in total. The smallest absolute Gasteiger partial charge is 0.0589 e. The molecular formula is C16H17Cl2NOS. The van der Waals surface area contributed by atoms with E-state index >= 15 is 0 Å². The van der Waals surface area contributed by atoms with Crippen molar-refractivity contribution >= 4 is 34.0 Å². The molecule has 0 amide bonds. The second-order valence-electron chi connectivity index (χ2n) is 5.04. The molecular weight excluding hydrogens is 325 g/mol. The van der Waals surface area contributed by atoms with Crippen molar-refractivity contribution in [1.82, 2.24) is 0 Å². The first-order valence-electron chi connectivity index (χ1n) is 6.54. The van der Waals surface area contributed by atoms with Crippen LogP contribution >= 0.6 is 23.2 Å². The zero-order chi connectivity index (χ0) is 15.6. The third-order valence-electron chi connectivity index (χ3n) is 3.43. The highest BCUT2D eigenvalue weighted by molar-refractivity contribution is 7.85. The van der Waals surface area contributed by atoms with E-state index in [0.29, 0.717) is 20.7 Å². The van der Waals surface area contributed by atoms with Crippen molar-refractivity contribution in [2.24, 2.45) is 5.73 Å². The Morgan fingerprint density at radius 2 is 1.81 bits per heavy atom. The summed E-state index contributed by atoms with van der Waals surface area (Å²) in [5, 5.41) is 0.965. The Kier molecular flexibility index (Phi) is 5.44. The molecule has 0 aliphatic heterocycles. The van der Waals surface area contributed by atoms with E-state index in [2.05, 4.69) is 6.92 Å². The molecule has 2 unspecified atom stereocenters. The van der Waals surface area contributed by atoms with E-state index in [1.165, 1.54) is 11.1 Å². The van der Waals surface area contributed by atoms with Gasteiger partial charge in [0.05, 0.1) is 20.7 Å². The van der Waals surface area contributed by atoms with Gasteiger partial charge in [-0.3, -0.25) is 4.21 Å². The Bertz CT molecular complexity index is 688. The molecule has 2 rings (SSSR count). The number of hydrogen-bond acceptors (Lipinski definition) is 2. The molecule has 21 heavy (non-hydrogen) atoms. The van der Waals surface area contributed by atoms with E-state index in [-0.39, 0.29) is 6.04 Å². The van der Waals surface area contributed by atoms with E-state index < -0.39 is 10.8 Å². The normalized spacial score (nSPS) is 14.0. The van der Waals surface area contributed by atoms with Crippen molar-refractivity contribution < 1.29 is 4.21 Å². The molecule has 0 aliphatic rings. The minimum atomic E-state index is -1.29. The molecule has 0 aromatic heterocycles. The van der Waals surface area contributed by atoms with Crippen LogP contribution in [0, 0.1) is 13.8 Å². The SMILES string of the molecule is Cc1ccc(C(N)CS(=O)c2cc(Cl)ccc2Cl)cc1C.